The number of benzene rings is 2. The molecule has 2 aromatic rings. The van der Waals surface area contributed by atoms with Gasteiger partial charge in [-0.15, -0.1) is 0 Å². The Morgan fingerprint density at radius 1 is 1.19 bits per heavy atom. The molecule has 1 atom stereocenters. The van der Waals surface area contributed by atoms with E-state index >= 15 is 0 Å². The number of halogens is 1. The van der Waals surface area contributed by atoms with Crippen molar-refractivity contribution in [1.82, 2.24) is 10.3 Å². The van der Waals surface area contributed by atoms with Gasteiger partial charge in [0, 0.05) is 18.7 Å². The van der Waals surface area contributed by atoms with Crippen LogP contribution in [0.25, 0.3) is 0 Å². The molecule has 0 aliphatic carbocycles. The van der Waals surface area contributed by atoms with Crippen LogP contribution in [0.1, 0.15) is 55.6 Å². The fourth-order valence-corrected chi connectivity index (χ4v) is 4.07. The molecule has 1 N–H and O–H groups in total. The first-order valence-corrected chi connectivity index (χ1v) is 10.8. The van der Waals surface area contributed by atoms with E-state index in [9.17, 15) is 14.0 Å². The van der Waals surface area contributed by atoms with Crippen LogP contribution < -0.4 is 10.3 Å². The summed E-state index contributed by atoms with van der Waals surface area (Å²) in [5.41, 5.74) is 3.10. The van der Waals surface area contributed by atoms with Gasteiger partial charge in [-0.25, -0.2) is 4.39 Å². The maximum absolute atomic E-state index is 13.6. The van der Waals surface area contributed by atoms with Gasteiger partial charge in [-0.2, -0.15) is 0 Å². The average Bonchev–Trinajstić information content (AvgIpc) is 3.09. The highest BCUT2D eigenvalue weighted by molar-refractivity contribution is 5.98. The van der Waals surface area contributed by atoms with Gasteiger partial charge >= 0.3 is 0 Å². The van der Waals surface area contributed by atoms with Gasteiger partial charge in [0.1, 0.15) is 11.9 Å². The zero-order chi connectivity index (χ0) is 22.8. The number of carbonyl (C=O) groups is 2. The molecule has 0 saturated carbocycles. The molecule has 0 radical (unpaired) electrons. The molecule has 5 nitrogen and oxygen atoms in total. The number of fused-ring (bicyclic) bond motifs is 1. The Bertz CT molecular complexity index is 967. The molecule has 3 rings (SSSR count). The van der Waals surface area contributed by atoms with Crippen LogP contribution in [-0.4, -0.2) is 36.0 Å². The smallest absolute Gasteiger partial charge is 0.263 e. The molecular formula is C25H32FN3O2. The van der Waals surface area contributed by atoms with E-state index in [0.717, 1.165) is 16.8 Å². The van der Waals surface area contributed by atoms with Crippen molar-refractivity contribution in [2.75, 3.05) is 18.1 Å². The third kappa shape index (κ3) is 5.43. The molecular weight excluding hydrogens is 393 g/mol. The number of hydrogen-bond donors (Lipinski definition) is 1. The summed E-state index contributed by atoms with van der Waals surface area (Å²) in [6.07, 6.45) is 1.18. The lowest BCUT2D eigenvalue weighted by Gasteiger charge is -2.37. The normalized spacial score (nSPS) is 14.2. The quantitative estimate of drug-likeness (QED) is 0.742. The van der Waals surface area contributed by atoms with Gasteiger partial charge in [0.15, 0.2) is 0 Å². The van der Waals surface area contributed by atoms with Crippen LogP contribution in [0.15, 0.2) is 42.5 Å². The molecule has 0 fully saturated rings. The topological polar surface area (TPSA) is 52.7 Å². The predicted molar refractivity (Wildman–Crippen MR) is 121 cm³/mol. The first-order valence-electron chi connectivity index (χ1n) is 10.8. The molecule has 2 amide bonds. The standard InChI is InChI=1S/C25H32FN3O2/c1-6-28(29-13-12-18-15-20(26)10-11-22(18)29)24(31)21(16-25(3,4)5)27-23(30)19-9-7-8-17(2)14-19/h7-11,14-15,21H,6,12-13,16H2,1-5H3,(H,27,30). The van der Waals surface area contributed by atoms with E-state index < -0.39 is 6.04 Å². The number of nitrogens with one attached hydrogen (secondary N) is 1. The average molecular weight is 426 g/mol. The Hall–Kier alpha value is -2.89. The molecule has 0 spiro atoms. The van der Waals surface area contributed by atoms with Crippen LogP contribution in [0.3, 0.4) is 0 Å². The van der Waals surface area contributed by atoms with Gasteiger partial charge in [0.05, 0.1) is 5.69 Å². The van der Waals surface area contributed by atoms with E-state index in [1.165, 1.54) is 12.1 Å². The number of carbonyl (C=O) groups excluding carboxylic acids is 2. The summed E-state index contributed by atoms with van der Waals surface area (Å²) >= 11 is 0. The SMILES string of the molecule is CCN(C(=O)C(CC(C)(C)C)NC(=O)c1cccc(C)c1)N1CCc2cc(F)ccc21. The van der Waals surface area contributed by atoms with Gasteiger partial charge in [0.25, 0.3) is 11.8 Å². The van der Waals surface area contributed by atoms with Gasteiger partial charge in [-0.1, -0.05) is 38.5 Å². The number of hydrogen-bond acceptors (Lipinski definition) is 3. The van der Waals surface area contributed by atoms with Crippen LogP contribution in [0.5, 0.6) is 0 Å². The summed E-state index contributed by atoms with van der Waals surface area (Å²) in [6, 6.07) is 11.3. The summed E-state index contributed by atoms with van der Waals surface area (Å²) in [5.74, 6) is -0.687. The molecule has 1 aliphatic rings. The van der Waals surface area contributed by atoms with E-state index in [0.29, 0.717) is 31.5 Å². The van der Waals surface area contributed by atoms with Crippen molar-refractivity contribution < 1.29 is 14.0 Å². The minimum Gasteiger partial charge on any atom is -0.340 e. The second kappa shape index (κ2) is 9.08. The van der Waals surface area contributed by atoms with Gasteiger partial charge < -0.3 is 5.32 Å². The van der Waals surface area contributed by atoms with Gasteiger partial charge in [-0.05, 0) is 68.0 Å². The molecule has 0 saturated heterocycles. The first-order chi connectivity index (χ1) is 14.6. The Balaban J connectivity index is 1.86. The van der Waals surface area contributed by atoms with Crippen molar-refractivity contribution in [2.45, 2.75) is 53.5 Å². The van der Waals surface area contributed by atoms with Crippen LogP contribution in [0.2, 0.25) is 0 Å². The highest BCUT2D eigenvalue weighted by Crippen LogP contribution is 2.31. The van der Waals surface area contributed by atoms with Crippen molar-refractivity contribution in [3.05, 3.63) is 65.0 Å². The second-order valence-corrected chi connectivity index (χ2v) is 9.36. The lowest BCUT2D eigenvalue weighted by molar-refractivity contribution is -0.134. The highest BCUT2D eigenvalue weighted by Gasteiger charge is 2.34. The van der Waals surface area contributed by atoms with E-state index in [2.05, 4.69) is 26.1 Å². The monoisotopic (exact) mass is 425 g/mol. The number of aryl methyl sites for hydroxylation is 1. The molecule has 6 heteroatoms. The summed E-state index contributed by atoms with van der Waals surface area (Å²) < 4.78 is 13.6. The van der Waals surface area contributed by atoms with Crippen molar-refractivity contribution in [3.63, 3.8) is 0 Å². The summed E-state index contributed by atoms with van der Waals surface area (Å²) in [4.78, 5) is 26.6. The summed E-state index contributed by atoms with van der Waals surface area (Å²) in [5, 5.41) is 6.56. The highest BCUT2D eigenvalue weighted by atomic mass is 19.1. The molecule has 2 aromatic carbocycles. The fourth-order valence-electron chi connectivity index (χ4n) is 4.07. The number of rotatable bonds is 6. The number of anilines is 1. The molecule has 1 unspecified atom stereocenters. The molecule has 166 valence electrons. The van der Waals surface area contributed by atoms with Crippen LogP contribution in [0, 0.1) is 18.2 Å². The molecule has 1 heterocycles. The Morgan fingerprint density at radius 3 is 2.58 bits per heavy atom. The summed E-state index contributed by atoms with van der Waals surface area (Å²) in [7, 11) is 0. The molecule has 1 aliphatic heterocycles. The third-order valence-corrected chi connectivity index (χ3v) is 5.46. The molecule has 31 heavy (non-hydrogen) atoms. The van der Waals surface area contributed by atoms with Crippen LogP contribution >= 0.6 is 0 Å². The van der Waals surface area contributed by atoms with Crippen molar-refractivity contribution in [2.24, 2.45) is 5.41 Å². The predicted octanol–water partition coefficient (Wildman–Crippen LogP) is 4.49. The molecule has 0 aromatic heterocycles. The van der Waals surface area contributed by atoms with Gasteiger partial charge in [-0.3, -0.25) is 19.6 Å². The third-order valence-electron chi connectivity index (χ3n) is 5.46. The van der Waals surface area contributed by atoms with Crippen molar-refractivity contribution in [3.8, 4) is 0 Å². The second-order valence-electron chi connectivity index (χ2n) is 9.36. The van der Waals surface area contributed by atoms with E-state index in [1.54, 1.807) is 17.1 Å². The summed E-state index contributed by atoms with van der Waals surface area (Å²) in [6.45, 7) is 11.1. The van der Waals surface area contributed by atoms with Crippen LogP contribution in [-0.2, 0) is 11.2 Å². The lowest BCUT2D eigenvalue weighted by Crippen LogP contribution is -2.55. The van der Waals surface area contributed by atoms with Crippen molar-refractivity contribution >= 4 is 17.5 Å². The Kier molecular flexibility index (Phi) is 6.68. The number of nitrogens with zero attached hydrogens (tertiary/aromatic N) is 2. The fraction of sp³-hybridized carbons (Fsp3) is 0.440. The van der Waals surface area contributed by atoms with E-state index in [1.807, 2.05) is 37.1 Å². The Morgan fingerprint density at radius 2 is 1.94 bits per heavy atom. The zero-order valence-electron chi connectivity index (χ0n) is 19.0. The minimum atomic E-state index is -0.669. The van der Waals surface area contributed by atoms with Gasteiger partial charge in [0.2, 0.25) is 0 Å². The number of likely N-dealkylation sites (N-methyl/N-ethyl adjacent to an activating group) is 1. The Labute approximate surface area is 184 Å². The molecule has 0 bridgehead atoms. The maximum atomic E-state index is 13.6. The van der Waals surface area contributed by atoms with Crippen molar-refractivity contribution in [1.29, 1.82) is 0 Å². The number of amides is 2. The first kappa shape index (κ1) is 22.8. The largest absolute Gasteiger partial charge is 0.340 e. The van der Waals surface area contributed by atoms with E-state index in [-0.39, 0.29) is 23.0 Å². The lowest BCUT2D eigenvalue weighted by atomic mass is 9.87. The van der Waals surface area contributed by atoms with E-state index in [4.69, 9.17) is 0 Å². The minimum absolute atomic E-state index is 0.157. The number of hydrazine groups is 1. The zero-order valence-corrected chi connectivity index (χ0v) is 19.0. The maximum Gasteiger partial charge on any atom is 0.263 e. The van der Waals surface area contributed by atoms with Crippen LogP contribution in [0.4, 0.5) is 10.1 Å².